The number of hydrogen-bond donors (Lipinski definition) is 0. The normalized spacial score (nSPS) is 14.5. The molecular formula is C12H32NOSi3+. The molecule has 0 aliphatic rings. The van der Waals surface area contributed by atoms with Crippen LogP contribution in [0, 0.1) is 0 Å². The molecule has 0 aliphatic heterocycles. The van der Waals surface area contributed by atoms with E-state index < -0.39 is 16.4 Å². The molecule has 0 amide bonds. The van der Waals surface area contributed by atoms with Crippen molar-refractivity contribution in [1.82, 2.24) is 4.57 Å². The van der Waals surface area contributed by atoms with E-state index in [1.807, 2.05) is 10.4 Å². The fraction of sp³-hybridized carbons (Fsp3) is 1.00. The molecule has 0 unspecified atom stereocenters. The van der Waals surface area contributed by atoms with Crippen LogP contribution in [0.1, 0.15) is 20.8 Å². The van der Waals surface area contributed by atoms with E-state index in [-0.39, 0.29) is 0 Å². The first-order valence-corrected chi connectivity index (χ1v) is 14.0. The summed E-state index contributed by atoms with van der Waals surface area (Å²) in [5.74, 6) is 0. The van der Waals surface area contributed by atoms with Gasteiger partial charge in [-0.2, -0.15) is 0 Å². The summed E-state index contributed by atoms with van der Waals surface area (Å²) in [6.45, 7) is 19.6. The molecule has 0 aromatic carbocycles. The van der Waals surface area contributed by atoms with Gasteiger partial charge < -0.3 is 4.43 Å². The van der Waals surface area contributed by atoms with Crippen molar-refractivity contribution < 1.29 is 4.43 Å². The molecule has 0 aliphatic carbocycles. The summed E-state index contributed by atoms with van der Waals surface area (Å²) >= 11 is 0. The van der Waals surface area contributed by atoms with Gasteiger partial charge in [-0.3, -0.25) is 0 Å². The predicted octanol–water partition coefficient (Wildman–Crippen LogP) is 2.57. The van der Waals surface area contributed by atoms with Crippen LogP contribution in [0.4, 0.5) is 0 Å². The minimum atomic E-state index is -1.32. The zero-order chi connectivity index (χ0) is 13.9. The Hall–Kier alpha value is 0.571. The summed E-state index contributed by atoms with van der Waals surface area (Å²) in [7, 11) is -0.441. The van der Waals surface area contributed by atoms with Crippen molar-refractivity contribution >= 4 is 26.8 Å². The van der Waals surface area contributed by atoms with Crippen LogP contribution in [0.2, 0.25) is 38.8 Å². The third-order valence-corrected chi connectivity index (χ3v) is 8.37. The summed E-state index contributed by atoms with van der Waals surface area (Å²) < 4.78 is 8.51. The van der Waals surface area contributed by atoms with E-state index in [1.165, 1.54) is 12.2 Å². The molecule has 2 nitrogen and oxygen atoms in total. The summed E-state index contributed by atoms with van der Waals surface area (Å²) in [6, 6.07) is 1.28. The van der Waals surface area contributed by atoms with Gasteiger partial charge in [-0.25, -0.2) is 4.57 Å². The monoisotopic (exact) mass is 290 g/mol. The Bertz CT molecular complexity index is 231. The fourth-order valence-corrected chi connectivity index (χ4v) is 6.52. The van der Waals surface area contributed by atoms with E-state index in [2.05, 4.69) is 58.1 Å². The second kappa shape index (κ2) is 6.14. The topological polar surface area (TPSA) is 15.1 Å². The average Bonchev–Trinajstić information content (AvgIpc) is 1.97. The molecule has 0 spiro atoms. The van der Waals surface area contributed by atoms with Crippen LogP contribution >= 0.6 is 0 Å². The van der Waals surface area contributed by atoms with E-state index in [9.17, 15) is 0 Å². The van der Waals surface area contributed by atoms with Gasteiger partial charge in [-0.05, 0) is 46.5 Å². The summed E-state index contributed by atoms with van der Waals surface area (Å²) in [6.07, 6.45) is 1.27. The van der Waals surface area contributed by atoms with Crippen LogP contribution in [0.5, 0.6) is 0 Å². The molecule has 17 heavy (non-hydrogen) atoms. The van der Waals surface area contributed by atoms with Gasteiger partial charge in [0.2, 0.25) is 0 Å². The third kappa shape index (κ3) is 9.19. The maximum absolute atomic E-state index is 5.99. The molecule has 5 heteroatoms. The molecule has 0 heterocycles. The second-order valence-corrected chi connectivity index (χ2v) is 18.2. The minimum Gasteiger partial charge on any atom is -0.418 e. The van der Waals surface area contributed by atoms with Crippen LogP contribution in [0.3, 0.4) is 0 Å². The first-order valence-electron chi connectivity index (χ1n) is 6.56. The number of rotatable bonds is 6. The molecule has 0 fully saturated rings. The molecule has 0 atom stereocenters. The van der Waals surface area contributed by atoms with E-state index in [0.717, 1.165) is 6.61 Å². The first kappa shape index (κ1) is 17.6. The van der Waals surface area contributed by atoms with E-state index in [1.54, 1.807) is 0 Å². The van der Waals surface area contributed by atoms with Crippen molar-refractivity contribution in [1.29, 1.82) is 0 Å². The van der Waals surface area contributed by atoms with Gasteiger partial charge in [0.1, 0.15) is 13.6 Å². The van der Waals surface area contributed by atoms with Gasteiger partial charge in [-0.15, -0.1) is 0 Å². The molecule has 0 aromatic rings. The van der Waals surface area contributed by atoms with E-state index in [4.69, 9.17) is 4.43 Å². The largest absolute Gasteiger partial charge is 0.418 e. The Morgan fingerprint density at radius 3 is 1.88 bits per heavy atom. The predicted molar refractivity (Wildman–Crippen MR) is 86.9 cm³/mol. The Balaban J connectivity index is 4.13. The van der Waals surface area contributed by atoms with Crippen LogP contribution in [0.15, 0.2) is 0 Å². The highest BCUT2D eigenvalue weighted by atomic mass is 28.4. The van der Waals surface area contributed by atoms with Crippen molar-refractivity contribution in [2.45, 2.75) is 65.1 Å². The average molecular weight is 291 g/mol. The van der Waals surface area contributed by atoms with Crippen LogP contribution in [-0.4, -0.2) is 45.1 Å². The molecular weight excluding hydrogens is 258 g/mol. The molecule has 0 saturated carbocycles. The molecule has 2 radical (unpaired) electrons. The van der Waals surface area contributed by atoms with Crippen molar-refractivity contribution in [2.24, 2.45) is 0 Å². The molecule has 0 bridgehead atoms. The molecule has 102 valence electrons. The summed E-state index contributed by atoms with van der Waals surface area (Å²) in [5, 5.41) is 0. The second-order valence-electron chi connectivity index (χ2n) is 7.74. The third-order valence-electron chi connectivity index (χ3n) is 2.88. The van der Waals surface area contributed by atoms with Crippen molar-refractivity contribution in [3.05, 3.63) is 0 Å². The van der Waals surface area contributed by atoms with Gasteiger partial charge in [0.15, 0.2) is 8.32 Å². The van der Waals surface area contributed by atoms with Gasteiger partial charge in [0.25, 0.3) is 0 Å². The lowest BCUT2D eigenvalue weighted by molar-refractivity contribution is 0.330. The van der Waals surface area contributed by atoms with Gasteiger partial charge in [0, 0.05) is 6.61 Å². The first-order chi connectivity index (χ1) is 7.33. The zero-order valence-corrected chi connectivity index (χ0v) is 16.6. The van der Waals surface area contributed by atoms with Crippen LogP contribution < -0.4 is 4.57 Å². The highest BCUT2D eigenvalue weighted by Crippen LogP contribution is 2.16. The summed E-state index contributed by atoms with van der Waals surface area (Å²) in [4.78, 5) is 0. The highest BCUT2D eigenvalue weighted by Gasteiger charge is 2.34. The molecule has 0 aromatic heterocycles. The minimum absolute atomic E-state index is 0.294. The Morgan fingerprint density at radius 1 is 1.06 bits per heavy atom. The Labute approximate surface area is 114 Å². The van der Waals surface area contributed by atoms with Crippen molar-refractivity contribution in [3.8, 4) is 0 Å². The fourth-order valence-electron chi connectivity index (χ4n) is 1.47. The summed E-state index contributed by atoms with van der Waals surface area (Å²) in [5.41, 5.74) is 0.294. The van der Waals surface area contributed by atoms with Gasteiger partial charge in [-0.1, -0.05) is 13.1 Å². The quantitative estimate of drug-likeness (QED) is 0.686. The smallest absolute Gasteiger partial charge is 0.348 e. The van der Waals surface area contributed by atoms with E-state index in [0.29, 0.717) is 5.54 Å². The van der Waals surface area contributed by atoms with Crippen molar-refractivity contribution in [3.63, 3.8) is 0 Å². The maximum Gasteiger partial charge on any atom is 0.348 e. The van der Waals surface area contributed by atoms with Gasteiger partial charge >= 0.3 is 10.4 Å². The molecule has 0 rings (SSSR count). The van der Waals surface area contributed by atoms with Crippen molar-refractivity contribution in [2.75, 3.05) is 12.8 Å². The number of nitrogens with zero attached hydrogens (tertiary/aromatic N) is 1. The lowest BCUT2D eigenvalue weighted by Gasteiger charge is -2.30. The Morgan fingerprint density at radius 2 is 1.53 bits per heavy atom. The van der Waals surface area contributed by atoms with Gasteiger partial charge in [0.05, 0.1) is 6.17 Å². The van der Waals surface area contributed by atoms with Crippen LogP contribution in [-0.2, 0) is 4.43 Å². The molecule has 0 saturated heterocycles. The lowest BCUT2D eigenvalue weighted by atomic mass is 10.1. The van der Waals surface area contributed by atoms with Crippen LogP contribution in [0.25, 0.3) is 0 Å². The maximum atomic E-state index is 5.99. The highest BCUT2D eigenvalue weighted by molar-refractivity contribution is 6.78. The standard InChI is InChI=1S/C12H32NOSi3/c1-12(2,3)13(15)11-17(7,8)10-9-14-16(4,5)6/h9-11,15H2,1-8H3/q+1. The SMILES string of the molecule is CC(C)(C)[N+]([SiH2])C[Si](C)(C)CCO[Si](C)(C)C. The van der Waals surface area contributed by atoms with E-state index >= 15 is 0 Å². The lowest BCUT2D eigenvalue weighted by Crippen LogP contribution is -2.54. The zero-order valence-electron chi connectivity index (χ0n) is 13.2. The molecule has 0 N–H and O–H groups in total. The number of hydrogen-bond acceptors (Lipinski definition) is 2. The Kier molecular flexibility index (Phi) is 6.35.